The molecule has 1 aromatic carbocycles. The molecule has 0 spiro atoms. The molecule has 0 unspecified atom stereocenters. The van der Waals surface area contributed by atoms with E-state index in [1.165, 1.54) is 18.0 Å². The summed E-state index contributed by atoms with van der Waals surface area (Å²) < 4.78 is 7.85. The van der Waals surface area contributed by atoms with Gasteiger partial charge in [-0.2, -0.15) is 5.10 Å². The van der Waals surface area contributed by atoms with Crippen molar-refractivity contribution in [2.75, 3.05) is 12.4 Å². The number of anilines is 1. The number of rotatable bonds is 8. The van der Waals surface area contributed by atoms with Gasteiger partial charge in [0.25, 0.3) is 0 Å². The highest BCUT2D eigenvalue weighted by Gasteiger charge is 2.20. The number of nitro groups is 1. The van der Waals surface area contributed by atoms with Gasteiger partial charge in [-0.3, -0.25) is 24.3 Å². The van der Waals surface area contributed by atoms with E-state index in [0.29, 0.717) is 17.4 Å². The van der Waals surface area contributed by atoms with Crippen molar-refractivity contribution in [3.63, 3.8) is 0 Å². The number of hydrogen-bond donors (Lipinski definition) is 1. The number of ether oxygens (including phenoxy) is 1. The smallest absolute Gasteiger partial charge is 0.350 e. The molecule has 11 heteroatoms. The van der Waals surface area contributed by atoms with E-state index in [-0.39, 0.29) is 30.4 Å². The Bertz CT molecular complexity index is 982. The van der Waals surface area contributed by atoms with Crippen molar-refractivity contribution in [3.05, 3.63) is 63.4 Å². The Labute approximate surface area is 164 Å². The maximum atomic E-state index is 12.1. The number of aromatic nitrogens is 4. The molecule has 0 aliphatic carbocycles. The summed E-state index contributed by atoms with van der Waals surface area (Å²) in [5, 5.41) is 22.5. The number of aryl methyl sites for hydroxylation is 1. The third-order valence-electron chi connectivity index (χ3n) is 3.83. The summed E-state index contributed by atoms with van der Waals surface area (Å²) in [6, 6.07) is 9.10. The van der Waals surface area contributed by atoms with Gasteiger partial charge in [-0.25, -0.2) is 0 Å². The normalized spacial score (nSPS) is 10.6. The van der Waals surface area contributed by atoms with E-state index >= 15 is 0 Å². The molecule has 1 amide bonds. The molecule has 0 bridgehead atoms. The number of methoxy groups -OCH3 is 1. The van der Waals surface area contributed by atoms with Crippen LogP contribution in [0.15, 0.2) is 42.7 Å². The van der Waals surface area contributed by atoms with Crippen LogP contribution in [0.5, 0.6) is 5.88 Å². The lowest BCUT2D eigenvalue weighted by molar-refractivity contribution is -0.385. The number of benzene rings is 1. The van der Waals surface area contributed by atoms with Crippen LogP contribution in [-0.2, 0) is 17.9 Å². The van der Waals surface area contributed by atoms with Gasteiger partial charge in [-0.1, -0.05) is 23.7 Å². The molecule has 2 heterocycles. The second-order valence-corrected chi connectivity index (χ2v) is 6.30. The molecule has 3 rings (SSSR count). The second-order valence-electron chi connectivity index (χ2n) is 5.87. The number of amides is 1. The van der Waals surface area contributed by atoms with Crippen molar-refractivity contribution in [1.29, 1.82) is 0 Å². The van der Waals surface area contributed by atoms with E-state index < -0.39 is 4.92 Å². The zero-order chi connectivity index (χ0) is 20.1. The lowest BCUT2D eigenvalue weighted by atomic mass is 10.2. The molecule has 0 fully saturated rings. The quantitative estimate of drug-likeness (QED) is 0.455. The molecule has 0 saturated heterocycles. The summed E-state index contributed by atoms with van der Waals surface area (Å²) in [7, 11) is 1.30. The molecular weight excluding hydrogens is 388 g/mol. The molecule has 3 aromatic rings. The standard InChI is InChI=1S/C17H17ClN6O4/c1-28-17-14(24(26)27)11-23(21-17)9-7-16(25)19-15-6-8-22(20-15)10-12-2-4-13(18)5-3-12/h2-6,8,11H,7,9-10H2,1H3,(H,19,20,25). The van der Waals surface area contributed by atoms with Gasteiger partial charge in [0.2, 0.25) is 5.91 Å². The van der Waals surface area contributed by atoms with Crippen LogP contribution in [0.2, 0.25) is 5.02 Å². The van der Waals surface area contributed by atoms with Crippen LogP contribution in [0.1, 0.15) is 12.0 Å². The summed E-state index contributed by atoms with van der Waals surface area (Å²) in [5.74, 6) is 0.0446. The van der Waals surface area contributed by atoms with Gasteiger partial charge in [0.1, 0.15) is 6.20 Å². The Morgan fingerprint density at radius 3 is 2.64 bits per heavy atom. The van der Waals surface area contributed by atoms with Crippen molar-refractivity contribution in [2.45, 2.75) is 19.5 Å². The Morgan fingerprint density at radius 1 is 1.25 bits per heavy atom. The largest absolute Gasteiger partial charge is 0.475 e. The van der Waals surface area contributed by atoms with Gasteiger partial charge >= 0.3 is 11.6 Å². The molecule has 0 saturated carbocycles. The van der Waals surface area contributed by atoms with Gasteiger partial charge in [-0.15, -0.1) is 5.10 Å². The summed E-state index contributed by atoms with van der Waals surface area (Å²) in [4.78, 5) is 22.4. The monoisotopic (exact) mass is 404 g/mol. The maximum Gasteiger partial charge on any atom is 0.350 e. The fourth-order valence-electron chi connectivity index (χ4n) is 2.49. The van der Waals surface area contributed by atoms with Crippen LogP contribution in [0.25, 0.3) is 0 Å². The second kappa shape index (κ2) is 8.53. The first kappa shape index (κ1) is 19.4. The third-order valence-corrected chi connectivity index (χ3v) is 4.09. The summed E-state index contributed by atoms with van der Waals surface area (Å²) in [6.45, 7) is 0.714. The minimum atomic E-state index is -0.588. The van der Waals surface area contributed by atoms with E-state index in [0.717, 1.165) is 5.56 Å². The predicted molar refractivity (Wildman–Crippen MR) is 101 cm³/mol. The Hall–Kier alpha value is -3.40. The van der Waals surface area contributed by atoms with Crippen LogP contribution >= 0.6 is 11.6 Å². The predicted octanol–water partition coefficient (Wildman–Crippen LogP) is 2.73. The lowest BCUT2D eigenvalue weighted by Crippen LogP contribution is -2.15. The van der Waals surface area contributed by atoms with Crippen molar-refractivity contribution >= 4 is 29.0 Å². The first-order valence-electron chi connectivity index (χ1n) is 8.28. The number of carbonyl (C=O) groups is 1. The van der Waals surface area contributed by atoms with Gasteiger partial charge in [0.05, 0.1) is 25.1 Å². The molecule has 146 valence electrons. The molecule has 0 aliphatic heterocycles. The first-order valence-corrected chi connectivity index (χ1v) is 8.66. The van der Waals surface area contributed by atoms with E-state index in [2.05, 4.69) is 15.5 Å². The average Bonchev–Trinajstić information content (AvgIpc) is 3.28. The topological polar surface area (TPSA) is 117 Å². The molecule has 0 radical (unpaired) electrons. The fourth-order valence-corrected chi connectivity index (χ4v) is 2.62. The van der Waals surface area contributed by atoms with Gasteiger partial charge in [0.15, 0.2) is 5.82 Å². The van der Waals surface area contributed by atoms with E-state index in [1.54, 1.807) is 29.1 Å². The molecule has 1 N–H and O–H groups in total. The number of halogens is 1. The SMILES string of the molecule is COc1nn(CCC(=O)Nc2ccn(Cc3ccc(Cl)cc3)n2)cc1[N+](=O)[O-]. The van der Waals surface area contributed by atoms with Crippen LogP contribution < -0.4 is 10.1 Å². The molecule has 10 nitrogen and oxygen atoms in total. The Kier molecular flexibility index (Phi) is 5.90. The molecule has 0 aliphatic rings. The van der Waals surface area contributed by atoms with Crippen LogP contribution in [-0.4, -0.2) is 37.5 Å². The first-order chi connectivity index (χ1) is 13.4. The van der Waals surface area contributed by atoms with E-state index in [4.69, 9.17) is 16.3 Å². The van der Waals surface area contributed by atoms with E-state index in [1.807, 2.05) is 12.1 Å². The number of nitrogens with zero attached hydrogens (tertiary/aromatic N) is 5. The number of carbonyl (C=O) groups excluding carboxylic acids is 1. The van der Waals surface area contributed by atoms with Crippen LogP contribution in [0.3, 0.4) is 0 Å². The zero-order valence-electron chi connectivity index (χ0n) is 14.9. The average molecular weight is 405 g/mol. The van der Waals surface area contributed by atoms with Gasteiger partial charge in [-0.05, 0) is 17.7 Å². The number of hydrogen-bond acceptors (Lipinski definition) is 6. The highest BCUT2D eigenvalue weighted by atomic mass is 35.5. The van der Waals surface area contributed by atoms with Gasteiger partial charge in [0, 0.05) is 23.7 Å². The highest BCUT2D eigenvalue weighted by Crippen LogP contribution is 2.24. The molecule has 0 atom stereocenters. The molecular formula is C17H17ClN6O4. The lowest BCUT2D eigenvalue weighted by Gasteiger charge is -2.03. The Morgan fingerprint density at radius 2 is 2.00 bits per heavy atom. The fraction of sp³-hybridized carbons (Fsp3) is 0.235. The maximum absolute atomic E-state index is 12.1. The third kappa shape index (κ3) is 4.86. The van der Waals surface area contributed by atoms with Crippen molar-refractivity contribution in [2.24, 2.45) is 0 Å². The van der Waals surface area contributed by atoms with Crippen molar-refractivity contribution < 1.29 is 14.5 Å². The summed E-state index contributed by atoms with van der Waals surface area (Å²) in [6.07, 6.45) is 3.06. The van der Waals surface area contributed by atoms with Crippen LogP contribution in [0, 0.1) is 10.1 Å². The summed E-state index contributed by atoms with van der Waals surface area (Å²) in [5.41, 5.74) is 0.781. The van der Waals surface area contributed by atoms with Crippen molar-refractivity contribution in [1.82, 2.24) is 19.6 Å². The zero-order valence-corrected chi connectivity index (χ0v) is 15.7. The summed E-state index contributed by atoms with van der Waals surface area (Å²) >= 11 is 5.87. The highest BCUT2D eigenvalue weighted by molar-refractivity contribution is 6.30. The van der Waals surface area contributed by atoms with Gasteiger partial charge < -0.3 is 10.1 Å². The minimum Gasteiger partial charge on any atom is -0.475 e. The van der Waals surface area contributed by atoms with E-state index in [9.17, 15) is 14.9 Å². The molecule has 2 aromatic heterocycles. The minimum absolute atomic E-state index is 0.0754. The van der Waals surface area contributed by atoms with Crippen LogP contribution in [0.4, 0.5) is 11.5 Å². The number of nitrogens with one attached hydrogen (secondary N) is 1. The molecule has 28 heavy (non-hydrogen) atoms. The van der Waals surface area contributed by atoms with Crippen molar-refractivity contribution in [3.8, 4) is 5.88 Å². The Balaban J connectivity index is 1.53.